The molecule has 0 aliphatic carbocycles. The molecule has 6 heteroatoms. The van der Waals surface area contributed by atoms with E-state index >= 15 is 0 Å². The summed E-state index contributed by atoms with van der Waals surface area (Å²) < 4.78 is 26.7. The average Bonchev–Trinajstić information content (AvgIpc) is 2.41. The molecule has 20 heavy (non-hydrogen) atoms. The van der Waals surface area contributed by atoms with Gasteiger partial charge in [0, 0.05) is 11.6 Å². The van der Waals surface area contributed by atoms with Gasteiger partial charge < -0.3 is 5.32 Å². The van der Waals surface area contributed by atoms with Crippen molar-refractivity contribution in [1.82, 2.24) is 10.0 Å². The minimum atomic E-state index is -3.16. The monoisotopic (exact) mass is 316 g/mol. The quantitative estimate of drug-likeness (QED) is 0.841. The first-order valence-electron chi connectivity index (χ1n) is 6.98. The van der Waals surface area contributed by atoms with Gasteiger partial charge in [0.1, 0.15) is 0 Å². The Labute approximate surface area is 126 Å². The number of hydrogen-bond donors (Lipinski definition) is 2. The van der Waals surface area contributed by atoms with E-state index in [9.17, 15) is 8.42 Å². The van der Waals surface area contributed by atoms with Gasteiger partial charge in [0.05, 0.1) is 5.75 Å². The molecule has 1 heterocycles. The molecule has 0 radical (unpaired) electrons. The molecule has 0 aromatic heterocycles. The molecule has 1 fully saturated rings. The molecule has 0 amide bonds. The Morgan fingerprint density at radius 2 is 1.85 bits per heavy atom. The highest BCUT2D eigenvalue weighted by Crippen LogP contribution is 2.14. The van der Waals surface area contributed by atoms with E-state index in [1.165, 1.54) is 0 Å². The summed E-state index contributed by atoms with van der Waals surface area (Å²) in [6.07, 6.45) is 2.57. The van der Waals surface area contributed by atoms with Crippen LogP contribution in [0.4, 0.5) is 0 Å². The molecule has 0 atom stereocenters. The van der Waals surface area contributed by atoms with E-state index in [1.54, 1.807) is 0 Å². The normalized spacial score (nSPS) is 17.2. The molecule has 0 spiro atoms. The van der Waals surface area contributed by atoms with Crippen molar-refractivity contribution in [3.63, 3.8) is 0 Å². The highest BCUT2D eigenvalue weighted by molar-refractivity contribution is 7.89. The fraction of sp³-hybridized carbons (Fsp3) is 0.571. The van der Waals surface area contributed by atoms with Gasteiger partial charge in [0.15, 0.2) is 0 Å². The zero-order valence-electron chi connectivity index (χ0n) is 11.4. The summed E-state index contributed by atoms with van der Waals surface area (Å²) in [4.78, 5) is 0. The van der Waals surface area contributed by atoms with Gasteiger partial charge in [-0.2, -0.15) is 0 Å². The number of sulfonamides is 1. The molecule has 4 nitrogen and oxygen atoms in total. The van der Waals surface area contributed by atoms with E-state index in [2.05, 4.69) is 10.0 Å². The zero-order valence-corrected chi connectivity index (χ0v) is 13.0. The average molecular weight is 317 g/mol. The van der Waals surface area contributed by atoms with E-state index in [4.69, 9.17) is 11.6 Å². The smallest absolute Gasteiger partial charge is 0.211 e. The van der Waals surface area contributed by atoms with Crippen LogP contribution in [0.3, 0.4) is 0 Å². The number of halogens is 1. The molecule has 1 aliphatic heterocycles. The van der Waals surface area contributed by atoms with Crippen molar-refractivity contribution in [2.75, 3.05) is 25.4 Å². The van der Waals surface area contributed by atoms with E-state index in [1.807, 2.05) is 24.3 Å². The maximum absolute atomic E-state index is 12.0. The summed E-state index contributed by atoms with van der Waals surface area (Å²) in [5, 5.41) is 3.94. The second-order valence-electron chi connectivity index (χ2n) is 5.25. The van der Waals surface area contributed by atoms with Gasteiger partial charge in [-0.25, -0.2) is 13.1 Å². The lowest BCUT2D eigenvalue weighted by molar-refractivity contribution is 0.400. The van der Waals surface area contributed by atoms with Crippen LogP contribution in [0, 0.1) is 5.92 Å². The molecule has 0 bridgehead atoms. The summed E-state index contributed by atoms with van der Waals surface area (Å²) in [5.74, 6) is 0.527. The number of hydrogen-bond acceptors (Lipinski definition) is 3. The predicted octanol–water partition coefficient (Wildman–Crippen LogP) is 1.80. The minimum absolute atomic E-state index is 0.245. The van der Waals surface area contributed by atoms with Crippen molar-refractivity contribution in [2.24, 2.45) is 5.92 Å². The van der Waals surface area contributed by atoms with E-state index in [-0.39, 0.29) is 11.7 Å². The maximum atomic E-state index is 12.0. The molecule has 1 aromatic carbocycles. The van der Waals surface area contributed by atoms with Crippen molar-refractivity contribution < 1.29 is 8.42 Å². The zero-order chi connectivity index (χ0) is 14.4. The SMILES string of the molecule is O=S(=O)(CC1CCNCC1)NCCc1ccc(Cl)cc1. The van der Waals surface area contributed by atoms with Crippen molar-refractivity contribution in [1.29, 1.82) is 0 Å². The Balaban J connectivity index is 1.75. The number of nitrogens with one attached hydrogen (secondary N) is 2. The Bertz CT molecular complexity index is 510. The van der Waals surface area contributed by atoms with Crippen LogP contribution in [0.1, 0.15) is 18.4 Å². The van der Waals surface area contributed by atoms with E-state index in [0.717, 1.165) is 31.5 Å². The van der Waals surface area contributed by atoms with Crippen LogP contribution in [0.15, 0.2) is 24.3 Å². The predicted molar refractivity (Wildman–Crippen MR) is 82.5 cm³/mol. The van der Waals surface area contributed by atoms with Gasteiger partial charge in [-0.15, -0.1) is 0 Å². The van der Waals surface area contributed by atoms with Gasteiger partial charge >= 0.3 is 0 Å². The summed E-state index contributed by atoms with van der Waals surface area (Å²) in [6, 6.07) is 7.48. The Hall–Kier alpha value is -0.620. The summed E-state index contributed by atoms with van der Waals surface area (Å²) in [6.45, 7) is 2.28. The first-order chi connectivity index (χ1) is 9.55. The van der Waals surface area contributed by atoms with Crippen LogP contribution < -0.4 is 10.0 Å². The van der Waals surface area contributed by atoms with Crippen LogP contribution in [0.2, 0.25) is 5.02 Å². The molecule has 0 saturated carbocycles. The second-order valence-corrected chi connectivity index (χ2v) is 7.53. The third-order valence-electron chi connectivity index (χ3n) is 3.56. The van der Waals surface area contributed by atoms with Gasteiger partial charge in [-0.05, 0) is 56.0 Å². The standard InChI is InChI=1S/C14H21ClN2O2S/c15-14-3-1-12(2-4-14)7-10-17-20(18,19)11-13-5-8-16-9-6-13/h1-4,13,16-17H,5-11H2. The minimum Gasteiger partial charge on any atom is -0.317 e. The molecule has 1 aromatic rings. The van der Waals surface area contributed by atoms with Crippen LogP contribution in [-0.2, 0) is 16.4 Å². The third-order valence-corrected chi connectivity index (χ3v) is 5.37. The number of piperidine rings is 1. The van der Waals surface area contributed by atoms with Gasteiger partial charge in [0.2, 0.25) is 10.0 Å². The molecular formula is C14H21ClN2O2S. The number of benzene rings is 1. The Morgan fingerprint density at radius 1 is 1.20 bits per heavy atom. The number of rotatable bonds is 6. The molecule has 1 saturated heterocycles. The first kappa shape index (κ1) is 15.8. The fourth-order valence-corrected chi connectivity index (χ4v) is 4.03. The topological polar surface area (TPSA) is 58.2 Å². The Morgan fingerprint density at radius 3 is 2.50 bits per heavy atom. The molecular weight excluding hydrogens is 296 g/mol. The summed E-state index contributed by atoms with van der Waals surface area (Å²) in [7, 11) is -3.16. The lowest BCUT2D eigenvalue weighted by Crippen LogP contribution is -2.36. The van der Waals surface area contributed by atoms with Crippen LogP contribution in [0.25, 0.3) is 0 Å². The highest BCUT2D eigenvalue weighted by atomic mass is 35.5. The maximum Gasteiger partial charge on any atom is 0.211 e. The highest BCUT2D eigenvalue weighted by Gasteiger charge is 2.20. The van der Waals surface area contributed by atoms with E-state index in [0.29, 0.717) is 18.0 Å². The largest absolute Gasteiger partial charge is 0.317 e. The van der Waals surface area contributed by atoms with Crippen molar-refractivity contribution in [3.05, 3.63) is 34.9 Å². The molecule has 112 valence electrons. The van der Waals surface area contributed by atoms with Crippen LogP contribution in [0.5, 0.6) is 0 Å². The molecule has 2 N–H and O–H groups in total. The fourth-order valence-electron chi connectivity index (χ4n) is 2.42. The third kappa shape index (κ3) is 5.40. The van der Waals surface area contributed by atoms with Crippen LogP contribution >= 0.6 is 11.6 Å². The van der Waals surface area contributed by atoms with Gasteiger partial charge in [0.25, 0.3) is 0 Å². The summed E-state index contributed by atoms with van der Waals surface area (Å²) >= 11 is 5.81. The van der Waals surface area contributed by atoms with Crippen LogP contribution in [-0.4, -0.2) is 33.8 Å². The molecule has 2 rings (SSSR count). The second kappa shape index (κ2) is 7.41. The van der Waals surface area contributed by atoms with Crippen molar-refractivity contribution in [3.8, 4) is 0 Å². The lowest BCUT2D eigenvalue weighted by Gasteiger charge is -2.22. The molecule has 0 unspecified atom stereocenters. The Kier molecular flexibility index (Phi) is 5.84. The van der Waals surface area contributed by atoms with Crippen molar-refractivity contribution in [2.45, 2.75) is 19.3 Å². The van der Waals surface area contributed by atoms with E-state index < -0.39 is 10.0 Å². The lowest BCUT2D eigenvalue weighted by atomic mass is 10.0. The summed E-state index contributed by atoms with van der Waals surface area (Å²) in [5.41, 5.74) is 1.08. The van der Waals surface area contributed by atoms with Gasteiger partial charge in [-0.3, -0.25) is 0 Å². The van der Waals surface area contributed by atoms with Gasteiger partial charge in [-0.1, -0.05) is 23.7 Å². The molecule has 1 aliphatic rings. The van der Waals surface area contributed by atoms with Crippen molar-refractivity contribution >= 4 is 21.6 Å². The first-order valence-corrected chi connectivity index (χ1v) is 9.01.